The molecule has 0 bridgehead atoms. The fourth-order valence-corrected chi connectivity index (χ4v) is 4.38. The van der Waals surface area contributed by atoms with Crippen LogP contribution < -0.4 is 10.9 Å². The average Bonchev–Trinajstić information content (AvgIpc) is 2.90. The van der Waals surface area contributed by atoms with Gasteiger partial charge in [-0.15, -0.1) is 11.3 Å². The molecule has 0 spiro atoms. The molecule has 0 aromatic carbocycles. The molecule has 0 radical (unpaired) electrons. The summed E-state index contributed by atoms with van der Waals surface area (Å²) < 4.78 is 0. The maximum absolute atomic E-state index is 12.4. The molecule has 0 aliphatic heterocycles. The molecule has 1 aliphatic rings. The van der Waals surface area contributed by atoms with Crippen LogP contribution in [0.4, 0.5) is 0 Å². The molecule has 1 saturated carbocycles. The number of aromatic nitrogens is 2. The van der Waals surface area contributed by atoms with E-state index in [0.29, 0.717) is 17.1 Å². The van der Waals surface area contributed by atoms with Gasteiger partial charge in [0.1, 0.15) is 10.7 Å². The van der Waals surface area contributed by atoms with Gasteiger partial charge in [-0.2, -0.15) is 0 Å². The Kier molecular flexibility index (Phi) is 5.33. The first kappa shape index (κ1) is 17.1. The van der Waals surface area contributed by atoms with E-state index in [2.05, 4.69) is 29.1 Å². The second kappa shape index (κ2) is 7.47. The molecule has 2 aromatic rings. The lowest BCUT2D eigenvalue weighted by molar-refractivity contribution is -0.121. The van der Waals surface area contributed by atoms with Gasteiger partial charge in [-0.1, -0.05) is 33.1 Å². The van der Waals surface area contributed by atoms with Crippen molar-refractivity contribution in [2.75, 3.05) is 0 Å². The number of H-pyrrole nitrogens is 1. The Morgan fingerprint density at radius 1 is 1.38 bits per heavy atom. The summed E-state index contributed by atoms with van der Waals surface area (Å²) in [6.45, 7) is 4.27. The number of amides is 1. The third-order valence-corrected chi connectivity index (χ3v) is 5.42. The summed E-state index contributed by atoms with van der Waals surface area (Å²) in [5.41, 5.74) is 0.925. The van der Waals surface area contributed by atoms with Gasteiger partial charge in [-0.25, -0.2) is 4.98 Å². The number of aromatic amines is 1. The van der Waals surface area contributed by atoms with Crippen LogP contribution in [-0.4, -0.2) is 21.9 Å². The van der Waals surface area contributed by atoms with Crippen molar-refractivity contribution in [1.29, 1.82) is 0 Å². The van der Waals surface area contributed by atoms with Gasteiger partial charge in [0, 0.05) is 6.04 Å². The monoisotopic (exact) mass is 347 g/mol. The number of carbonyl (C=O) groups excluding carboxylic acids is 1. The van der Waals surface area contributed by atoms with E-state index in [1.165, 1.54) is 30.6 Å². The average molecular weight is 347 g/mol. The van der Waals surface area contributed by atoms with Crippen molar-refractivity contribution >= 4 is 27.5 Å². The number of fused-ring (bicyclic) bond motifs is 1. The quantitative estimate of drug-likeness (QED) is 0.872. The van der Waals surface area contributed by atoms with E-state index in [1.54, 1.807) is 0 Å². The minimum Gasteiger partial charge on any atom is -0.353 e. The van der Waals surface area contributed by atoms with E-state index in [1.807, 2.05) is 5.38 Å². The predicted molar refractivity (Wildman–Crippen MR) is 97.5 cm³/mol. The minimum absolute atomic E-state index is 0.0524. The molecule has 0 unspecified atom stereocenters. The van der Waals surface area contributed by atoms with E-state index in [-0.39, 0.29) is 23.9 Å². The molecule has 1 fully saturated rings. The number of hydrogen-bond donors (Lipinski definition) is 2. The van der Waals surface area contributed by atoms with Crippen molar-refractivity contribution in [3.63, 3.8) is 0 Å². The summed E-state index contributed by atoms with van der Waals surface area (Å²) in [4.78, 5) is 32.7. The molecule has 24 heavy (non-hydrogen) atoms. The Labute approximate surface area is 145 Å². The van der Waals surface area contributed by atoms with Crippen molar-refractivity contribution in [3.8, 4) is 0 Å². The van der Waals surface area contributed by atoms with Crippen molar-refractivity contribution in [1.82, 2.24) is 15.3 Å². The molecule has 6 heteroatoms. The smallest absolute Gasteiger partial charge is 0.259 e. The molecule has 2 aromatic heterocycles. The highest BCUT2D eigenvalue weighted by Crippen LogP contribution is 2.23. The SMILES string of the molecule is CC(C)Cc1csc2nc(CC(=O)NC3CCCCC3)[nH]c(=O)c12. The van der Waals surface area contributed by atoms with Crippen LogP contribution in [0.3, 0.4) is 0 Å². The first-order chi connectivity index (χ1) is 11.5. The molecule has 2 heterocycles. The number of thiophene rings is 1. The van der Waals surface area contributed by atoms with Crippen molar-refractivity contribution in [2.24, 2.45) is 5.92 Å². The Hall–Kier alpha value is -1.69. The molecule has 1 aliphatic carbocycles. The van der Waals surface area contributed by atoms with E-state index in [4.69, 9.17) is 0 Å². The minimum atomic E-state index is -0.127. The van der Waals surface area contributed by atoms with Gasteiger partial charge >= 0.3 is 0 Å². The Bertz CT molecular complexity index is 772. The summed E-state index contributed by atoms with van der Waals surface area (Å²) in [5, 5.41) is 5.77. The Morgan fingerprint density at radius 2 is 2.12 bits per heavy atom. The van der Waals surface area contributed by atoms with Crippen molar-refractivity contribution < 1.29 is 4.79 Å². The summed E-state index contributed by atoms with van der Waals surface area (Å²) in [7, 11) is 0. The van der Waals surface area contributed by atoms with Crippen molar-refractivity contribution in [3.05, 3.63) is 27.1 Å². The van der Waals surface area contributed by atoms with Crippen LogP contribution in [0.25, 0.3) is 10.2 Å². The molecule has 0 atom stereocenters. The highest BCUT2D eigenvalue weighted by atomic mass is 32.1. The Morgan fingerprint density at radius 3 is 2.83 bits per heavy atom. The third-order valence-electron chi connectivity index (χ3n) is 4.50. The normalized spacial score (nSPS) is 16.0. The fraction of sp³-hybridized carbons (Fsp3) is 0.611. The maximum Gasteiger partial charge on any atom is 0.259 e. The summed E-state index contributed by atoms with van der Waals surface area (Å²) in [5.74, 6) is 0.894. The lowest BCUT2D eigenvalue weighted by Crippen LogP contribution is -2.37. The molecular formula is C18H25N3O2S. The van der Waals surface area contributed by atoms with Crippen LogP contribution in [0.15, 0.2) is 10.2 Å². The van der Waals surface area contributed by atoms with Crippen LogP contribution in [0.5, 0.6) is 0 Å². The lowest BCUT2D eigenvalue weighted by atomic mass is 9.95. The van der Waals surface area contributed by atoms with Gasteiger partial charge in [0.05, 0.1) is 11.8 Å². The Balaban J connectivity index is 1.73. The van der Waals surface area contributed by atoms with Crippen LogP contribution >= 0.6 is 11.3 Å². The number of nitrogens with zero attached hydrogens (tertiary/aromatic N) is 1. The van der Waals surface area contributed by atoms with Gasteiger partial charge in [-0.3, -0.25) is 9.59 Å². The number of rotatable bonds is 5. The summed E-state index contributed by atoms with van der Waals surface area (Å²) >= 11 is 1.48. The summed E-state index contributed by atoms with van der Waals surface area (Å²) in [6.07, 6.45) is 6.73. The van der Waals surface area contributed by atoms with Gasteiger partial charge in [-0.05, 0) is 36.1 Å². The fourth-order valence-electron chi connectivity index (χ4n) is 3.40. The zero-order chi connectivity index (χ0) is 17.1. The van der Waals surface area contributed by atoms with Gasteiger partial charge in [0.15, 0.2) is 0 Å². The zero-order valence-corrected chi connectivity index (χ0v) is 15.2. The summed E-state index contributed by atoms with van der Waals surface area (Å²) in [6, 6.07) is 0.279. The first-order valence-electron chi connectivity index (χ1n) is 8.81. The second-order valence-corrected chi connectivity index (χ2v) is 7.99. The second-order valence-electron chi connectivity index (χ2n) is 7.13. The predicted octanol–water partition coefficient (Wildman–Crippen LogP) is 3.17. The van der Waals surface area contributed by atoms with Crippen LogP contribution in [0.2, 0.25) is 0 Å². The third kappa shape index (κ3) is 4.04. The van der Waals surface area contributed by atoms with Gasteiger partial charge in [0.2, 0.25) is 5.91 Å². The standard InChI is InChI=1S/C18H25N3O2S/c1-11(2)8-12-10-24-18-16(12)17(23)20-14(21-18)9-15(22)19-13-6-4-3-5-7-13/h10-11,13H,3-9H2,1-2H3,(H,19,22)(H,20,21,23). The first-order valence-corrected chi connectivity index (χ1v) is 9.69. The molecule has 5 nitrogen and oxygen atoms in total. The van der Waals surface area contributed by atoms with Gasteiger partial charge < -0.3 is 10.3 Å². The molecule has 3 rings (SSSR count). The van der Waals surface area contributed by atoms with E-state index in [9.17, 15) is 9.59 Å². The van der Waals surface area contributed by atoms with E-state index < -0.39 is 0 Å². The molecular weight excluding hydrogens is 322 g/mol. The highest BCUT2D eigenvalue weighted by molar-refractivity contribution is 7.16. The zero-order valence-electron chi connectivity index (χ0n) is 14.4. The van der Waals surface area contributed by atoms with E-state index in [0.717, 1.165) is 29.7 Å². The highest BCUT2D eigenvalue weighted by Gasteiger charge is 2.18. The molecule has 0 saturated heterocycles. The molecule has 2 N–H and O–H groups in total. The van der Waals surface area contributed by atoms with Crippen LogP contribution in [0, 0.1) is 5.92 Å². The number of carbonyl (C=O) groups is 1. The van der Waals surface area contributed by atoms with Crippen LogP contribution in [0.1, 0.15) is 57.3 Å². The number of hydrogen-bond acceptors (Lipinski definition) is 4. The van der Waals surface area contributed by atoms with Gasteiger partial charge in [0.25, 0.3) is 5.56 Å². The topological polar surface area (TPSA) is 74.8 Å². The molecule has 130 valence electrons. The van der Waals surface area contributed by atoms with Crippen molar-refractivity contribution in [2.45, 2.75) is 64.8 Å². The van der Waals surface area contributed by atoms with E-state index >= 15 is 0 Å². The lowest BCUT2D eigenvalue weighted by Gasteiger charge is -2.22. The molecule has 1 amide bonds. The number of nitrogens with one attached hydrogen (secondary N) is 2. The van der Waals surface area contributed by atoms with Crippen LogP contribution in [-0.2, 0) is 17.6 Å². The largest absolute Gasteiger partial charge is 0.353 e. The maximum atomic E-state index is 12.4.